The van der Waals surface area contributed by atoms with Crippen LogP contribution in [0, 0.1) is 5.92 Å². The normalized spacial score (nSPS) is 34.2. The van der Waals surface area contributed by atoms with Crippen molar-refractivity contribution in [3.05, 3.63) is 0 Å². The molecule has 0 amide bonds. The van der Waals surface area contributed by atoms with Crippen LogP contribution in [0.3, 0.4) is 0 Å². The van der Waals surface area contributed by atoms with E-state index in [4.69, 9.17) is 4.55 Å². The second-order valence-corrected chi connectivity index (χ2v) is 4.90. The van der Waals surface area contributed by atoms with Gasteiger partial charge in [0.1, 0.15) is 0 Å². The lowest BCUT2D eigenvalue weighted by Gasteiger charge is -2.10. The van der Waals surface area contributed by atoms with Gasteiger partial charge in [-0.05, 0) is 25.2 Å². The molecule has 0 aliphatic heterocycles. The van der Waals surface area contributed by atoms with Gasteiger partial charge >= 0.3 is 0 Å². The molecule has 1 N–H and O–H groups in total. The van der Waals surface area contributed by atoms with Gasteiger partial charge in [-0.15, -0.1) is 0 Å². The minimum Gasteiger partial charge on any atom is -0.306 e. The molecule has 0 spiro atoms. The molecule has 0 radical (unpaired) electrons. The van der Waals surface area contributed by atoms with Gasteiger partial charge in [0.25, 0.3) is 0 Å². The molecule has 3 heteroatoms. The quantitative estimate of drug-likeness (QED) is 0.537. The van der Waals surface area contributed by atoms with E-state index in [2.05, 4.69) is 6.92 Å². The third kappa shape index (κ3) is 2.87. The summed E-state index contributed by atoms with van der Waals surface area (Å²) in [6, 6.07) is 0. The van der Waals surface area contributed by atoms with Gasteiger partial charge in [0.05, 0.1) is 5.25 Å². The van der Waals surface area contributed by atoms with E-state index < -0.39 is 11.1 Å². The van der Waals surface area contributed by atoms with Gasteiger partial charge in [-0.3, -0.25) is 0 Å². The molecule has 3 unspecified atom stereocenters. The lowest BCUT2D eigenvalue weighted by Crippen LogP contribution is -2.12. The van der Waals surface area contributed by atoms with E-state index in [1.54, 1.807) is 0 Å². The van der Waals surface area contributed by atoms with Gasteiger partial charge in [-0.1, -0.05) is 26.2 Å². The maximum absolute atomic E-state index is 10.8. The van der Waals surface area contributed by atoms with E-state index in [1.807, 2.05) is 0 Å². The first-order valence-corrected chi connectivity index (χ1v) is 6.00. The molecule has 2 nitrogen and oxygen atoms in total. The van der Waals surface area contributed by atoms with Crippen LogP contribution in [0.4, 0.5) is 0 Å². The Balaban J connectivity index is 2.39. The average Bonchev–Trinajstić information content (AvgIpc) is 2.28. The summed E-state index contributed by atoms with van der Waals surface area (Å²) in [4.78, 5) is 0. The van der Waals surface area contributed by atoms with E-state index >= 15 is 0 Å². The Kier molecular flexibility index (Phi) is 4.22. The van der Waals surface area contributed by atoms with E-state index in [0.29, 0.717) is 0 Å². The average molecular weight is 190 g/mol. The highest BCUT2D eigenvalue weighted by atomic mass is 32.2. The smallest absolute Gasteiger partial charge is 0.155 e. The molecule has 3 atom stereocenters. The molecule has 1 aliphatic carbocycles. The van der Waals surface area contributed by atoms with Crippen LogP contribution >= 0.6 is 0 Å². The Morgan fingerprint density at radius 1 is 1.33 bits per heavy atom. The first-order valence-electron chi connectivity index (χ1n) is 4.83. The van der Waals surface area contributed by atoms with Crippen LogP contribution in [-0.2, 0) is 11.1 Å². The molecular formula is C9H18O2S. The molecule has 0 bridgehead atoms. The Morgan fingerprint density at radius 3 is 2.67 bits per heavy atom. The Morgan fingerprint density at radius 2 is 2.08 bits per heavy atom. The van der Waals surface area contributed by atoms with Crippen molar-refractivity contribution < 1.29 is 8.76 Å². The molecular weight excluding hydrogens is 172 g/mol. The highest BCUT2D eigenvalue weighted by Gasteiger charge is 2.21. The second-order valence-electron chi connectivity index (χ2n) is 3.68. The SMILES string of the molecule is CCC1CCCC(S(=O)O)CC1. The number of hydrogen-bond donors (Lipinski definition) is 1. The van der Waals surface area contributed by atoms with Crippen molar-refractivity contribution in [2.24, 2.45) is 5.92 Å². The summed E-state index contributed by atoms with van der Waals surface area (Å²) in [6.07, 6.45) is 6.65. The van der Waals surface area contributed by atoms with E-state index in [0.717, 1.165) is 31.6 Å². The van der Waals surface area contributed by atoms with Gasteiger partial charge < -0.3 is 4.55 Å². The number of rotatable bonds is 2. The van der Waals surface area contributed by atoms with Gasteiger partial charge in [0, 0.05) is 0 Å². The highest BCUT2D eigenvalue weighted by molar-refractivity contribution is 7.79. The van der Waals surface area contributed by atoms with Crippen molar-refractivity contribution in [1.82, 2.24) is 0 Å². The minimum atomic E-state index is -1.58. The molecule has 0 aromatic carbocycles. The fourth-order valence-electron chi connectivity index (χ4n) is 1.95. The third-order valence-corrected chi connectivity index (χ3v) is 3.94. The molecule has 12 heavy (non-hydrogen) atoms. The van der Waals surface area contributed by atoms with Crippen LogP contribution < -0.4 is 0 Å². The first-order chi connectivity index (χ1) is 5.74. The summed E-state index contributed by atoms with van der Waals surface area (Å²) in [7, 11) is 0. The van der Waals surface area contributed by atoms with Crippen LogP contribution in [0.5, 0.6) is 0 Å². The van der Waals surface area contributed by atoms with Crippen molar-refractivity contribution in [3.8, 4) is 0 Å². The Bertz CT molecular complexity index is 159. The van der Waals surface area contributed by atoms with Crippen LogP contribution in [0.2, 0.25) is 0 Å². The number of hydrogen-bond acceptors (Lipinski definition) is 1. The Hall–Kier alpha value is 0.110. The van der Waals surface area contributed by atoms with Crippen LogP contribution in [0.1, 0.15) is 45.4 Å². The third-order valence-electron chi connectivity index (χ3n) is 2.90. The highest BCUT2D eigenvalue weighted by Crippen LogP contribution is 2.27. The van der Waals surface area contributed by atoms with Crippen molar-refractivity contribution in [3.63, 3.8) is 0 Å². The fourth-order valence-corrected chi connectivity index (χ4v) is 2.66. The predicted octanol–water partition coefficient (Wildman–Crippen LogP) is 2.57. The fraction of sp³-hybridized carbons (Fsp3) is 1.00. The summed E-state index contributed by atoms with van der Waals surface area (Å²) >= 11 is -1.58. The molecule has 0 aromatic rings. The zero-order chi connectivity index (χ0) is 8.97. The van der Waals surface area contributed by atoms with Crippen LogP contribution in [0.25, 0.3) is 0 Å². The zero-order valence-electron chi connectivity index (χ0n) is 7.66. The lowest BCUT2D eigenvalue weighted by molar-refractivity contribution is 0.445. The zero-order valence-corrected chi connectivity index (χ0v) is 8.48. The first kappa shape index (κ1) is 10.2. The van der Waals surface area contributed by atoms with Crippen LogP contribution in [-0.4, -0.2) is 14.0 Å². The lowest BCUT2D eigenvalue weighted by atomic mass is 9.98. The van der Waals surface area contributed by atoms with E-state index in [-0.39, 0.29) is 5.25 Å². The van der Waals surface area contributed by atoms with Crippen molar-refractivity contribution >= 4 is 11.1 Å². The van der Waals surface area contributed by atoms with Gasteiger partial charge in [0.15, 0.2) is 11.1 Å². The molecule has 1 fully saturated rings. The monoisotopic (exact) mass is 190 g/mol. The molecule has 1 saturated carbocycles. The summed E-state index contributed by atoms with van der Waals surface area (Å²) < 4.78 is 19.7. The van der Waals surface area contributed by atoms with Gasteiger partial charge in [-0.25, -0.2) is 4.21 Å². The summed E-state index contributed by atoms with van der Waals surface area (Å²) in [5.74, 6) is 0.804. The Labute approximate surface area is 77.0 Å². The van der Waals surface area contributed by atoms with Crippen LogP contribution in [0.15, 0.2) is 0 Å². The molecule has 72 valence electrons. The maximum atomic E-state index is 10.8. The molecule has 0 saturated heterocycles. The molecule has 1 aliphatic rings. The van der Waals surface area contributed by atoms with Crippen molar-refractivity contribution in [2.75, 3.05) is 0 Å². The molecule has 1 rings (SSSR count). The van der Waals surface area contributed by atoms with E-state index in [9.17, 15) is 4.21 Å². The molecule has 0 heterocycles. The van der Waals surface area contributed by atoms with Gasteiger partial charge in [-0.2, -0.15) is 0 Å². The summed E-state index contributed by atoms with van der Waals surface area (Å²) in [6.45, 7) is 2.21. The maximum Gasteiger partial charge on any atom is 0.155 e. The topological polar surface area (TPSA) is 37.3 Å². The minimum absolute atomic E-state index is 0.0570. The molecule has 0 aromatic heterocycles. The van der Waals surface area contributed by atoms with Gasteiger partial charge in [0.2, 0.25) is 0 Å². The summed E-state index contributed by atoms with van der Waals surface area (Å²) in [5.41, 5.74) is 0. The van der Waals surface area contributed by atoms with Crippen molar-refractivity contribution in [2.45, 2.75) is 50.7 Å². The standard InChI is InChI=1S/C9H18O2S/c1-2-8-4-3-5-9(7-6-8)12(10)11/h8-9H,2-7H2,1H3,(H,10,11). The van der Waals surface area contributed by atoms with Crippen molar-refractivity contribution in [1.29, 1.82) is 0 Å². The predicted molar refractivity (Wildman–Crippen MR) is 51.4 cm³/mol. The summed E-state index contributed by atoms with van der Waals surface area (Å²) in [5, 5.41) is 0.0570. The largest absolute Gasteiger partial charge is 0.306 e. The van der Waals surface area contributed by atoms with E-state index in [1.165, 1.54) is 12.8 Å². The second kappa shape index (κ2) is 4.97.